The number of nitrogens with zero attached hydrogens (tertiary/aromatic N) is 2. The number of imide groups is 1. The van der Waals surface area contributed by atoms with Crippen molar-refractivity contribution in [3.05, 3.63) is 29.8 Å². The number of hydrogen-bond acceptors (Lipinski definition) is 3. The topological polar surface area (TPSA) is 57.7 Å². The molecular formula is C21H24Br2N2O3. The predicted molar refractivity (Wildman–Crippen MR) is 115 cm³/mol. The summed E-state index contributed by atoms with van der Waals surface area (Å²) in [5.41, 5.74) is 1.17. The molecular weight excluding hydrogens is 488 g/mol. The minimum absolute atomic E-state index is 0.0236. The van der Waals surface area contributed by atoms with Crippen LogP contribution in [-0.2, 0) is 9.59 Å². The van der Waals surface area contributed by atoms with Crippen molar-refractivity contribution in [1.82, 2.24) is 4.90 Å². The standard InChI is InChI=1S/C21H24Br2N2O3/c1-12-6-8-24(9-7-12)19(26)13-2-4-14(5-3-13)25-20(27)15-10-17(22)18(23)11-16(15)21(25)28/h2-5,12,15-18H,6-11H2,1H3/t15-,16-,17-,18+/m1/s1. The molecule has 5 nitrogen and oxygen atoms in total. The van der Waals surface area contributed by atoms with E-state index in [1.54, 1.807) is 24.3 Å². The van der Waals surface area contributed by atoms with Gasteiger partial charge in [-0.3, -0.25) is 19.3 Å². The van der Waals surface area contributed by atoms with Crippen molar-refractivity contribution in [3.63, 3.8) is 0 Å². The molecule has 0 radical (unpaired) electrons. The van der Waals surface area contributed by atoms with E-state index in [2.05, 4.69) is 38.8 Å². The van der Waals surface area contributed by atoms with E-state index < -0.39 is 0 Å². The van der Waals surface area contributed by atoms with Gasteiger partial charge in [-0.05, 0) is 55.9 Å². The monoisotopic (exact) mass is 510 g/mol. The summed E-state index contributed by atoms with van der Waals surface area (Å²) < 4.78 is 0. The highest BCUT2D eigenvalue weighted by Crippen LogP contribution is 2.44. The van der Waals surface area contributed by atoms with E-state index in [1.165, 1.54) is 4.90 Å². The molecule has 0 unspecified atom stereocenters. The smallest absolute Gasteiger partial charge is 0.253 e. The number of alkyl halides is 2. The van der Waals surface area contributed by atoms with Gasteiger partial charge in [0.25, 0.3) is 5.91 Å². The fourth-order valence-corrected chi connectivity index (χ4v) is 5.73. The first kappa shape index (κ1) is 20.1. The number of likely N-dealkylation sites (tertiary alicyclic amines) is 1. The molecule has 1 aromatic rings. The lowest BCUT2D eigenvalue weighted by Gasteiger charge is -2.30. The maximum atomic E-state index is 12.9. The third-order valence-corrected chi connectivity index (χ3v) is 9.09. The molecule has 2 aliphatic heterocycles. The lowest BCUT2D eigenvalue weighted by molar-refractivity contribution is -0.122. The summed E-state index contributed by atoms with van der Waals surface area (Å²) >= 11 is 7.22. The van der Waals surface area contributed by atoms with Gasteiger partial charge in [0.2, 0.25) is 11.8 Å². The Labute approximate surface area is 182 Å². The second kappa shape index (κ2) is 7.90. The lowest BCUT2D eigenvalue weighted by atomic mass is 9.81. The van der Waals surface area contributed by atoms with E-state index in [4.69, 9.17) is 0 Å². The molecule has 4 atom stereocenters. The molecule has 2 saturated heterocycles. The number of fused-ring (bicyclic) bond motifs is 1. The second-order valence-corrected chi connectivity index (χ2v) is 10.6. The van der Waals surface area contributed by atoms with E-state index in [-0.39, 0.29) is 39.2 Å². The molecule has 3 fully saturated rings. The van der Waals surface area contributed by atoms with Crippen molar-refractivity contribution < 1.29 is 14.4 Å². The Morgan fingerprint density at radius 3 is 1.93 bits per heavy atom. The van der Waals surface area contributed by atoms with Crippen LogP contribution in [0.3, 0.4) is 0 Å². The van der Waals surface area contributed by atoms with Gasteiger partial charge in [-0.25, -0.2) is 0 Å². The van der Waals surface area contributed by atoms with Gasteiger partial charge in [0.1, 0.15) is 0 Å². The normalized spacial score (nSPS) is 31.2. The van der Waals surface area contributed by atoms with E-state index in [0.717, 1.165) is 25.9 Å². The Bertz CT molecular complexity index is 761. The van der Waals surface area contributed by atoms with E-state index in [0.29, 0.717) is 30.0 Å². The Morgan fingerprint density at radius 2 is 1.43 bits per heavy atom. The molecule has 3 aliphatic rings. The van der Waals surface area contributed by atoms with Crippen LogP contribution < -0.4 is 4.90 Å². The average molecular weight is 512 g/mol. The van der Waals surface area contributed by atoms with Crippen molar-refractivity contribution in [2.24, 2.45) is 17.8 Å². The molecule has 0 spiro atoms. The number of carbonyl (C=O) groups is 3. The summed E-state index contributed by atoms with van der Waals surface area (Å²) in [5.74, 6) is -0.0774. The maximum Gasteiger partial charge on any atom is 0.253 e. The number of carbonyl (C=O) groups excluding carboxylic acids is 3. The van der Waals surface area contributed by atoms with Crippen LogP contribution in [0.4, 0.5) is 5.69 Å². The van der Waals surface area contributed by atoms with Crippen molar-refractivity contribution in [2.45, 2.75) is 42.3 Å². The first-order valence-corrected chi connectivity index (χ1v) is 11.7. The fourth-order valence-electron chi connectivity index (χ4n) is 4.50. The number of benzene rings is 1. The fraction of sp³-hybridized carbons (Fsp3) is 0.571. The molecule has 1 saturated carbocycles. The molecule has 3 amide bonds. The lowest BCUT2D eigenvalue weighted by Crippen LogP contribution is -2.38. The van der Waals surface area contributed by atoms with E-state index in [1.807, 2.05) is 4.90 Å². The van der Waals surface area contributed by atoms with Crippen LogP contribution in [-0.4, -0.2) is 45.4 Å². The number of hydrogen-bond donors (Lipinski definition) is 0. The minimum Gasteiger partial charge on any atom is -0.339 e. The third-order valence-electron chi connectivity index (χ3n) is 6.35. The largest absolute Gasteiger partial charge is 0.339 e. The molecule has 7 heteroatoms. The zero-order valence-corrected chi connectivity index (χ0v) is 19.0. The molecule has 1 aromatic carbocycles. The van der Waals surface area contributed by atoms with Crippen LogP contribution in [0.15, 0.2) is 24.3 Å². The van der Waals surface area contributed by atoms with Gasteiger partial charge in [-0.15, -0.1) is 0 Å². The molecule has 2 heterocycles. The van der Waals surface area contributed by atoms with Crippen molar-refractivity contribution in [2.75, 3.05) is 18.0 Å². The van der Waals surface area contributed by atoms with Crippen LogP contribution in [0.2, 0.25) is 0 Å². The quantitative estimate of drug-likeness (QED) is 0.445. The summed E-state index contributed by atoms with van der Waals surface area (Å²) in [6.07, 6.45) is 3.39. The van der Waals surface area contributed by atoms with E-state index in [9.17, 15) is 14.4 Å². The van der Waals surface area contributed by atoms with Gasteiger partial charge in [-0.2, -0.15) is 0 Å². The predicted octanol–water partition coefficient (Wildman–Crippen LogP) is 3.99. The molecule has 0 aromatic heterocycles. The zero-order chi connectivity index (χ0) is 20.0. The van der Waals surface area contributed by atoms with E-state index >= 15 is 0 Å². The number of anilines is 1. The van der Waals surface area contributed by atoms with Gasteiger partial charge < -0.3 is 4.90 Å². The summed E-state index contributed by atoms with van der Waals surface area (Å²) in [6, 6.07) is 6.92. The Morgan fingerprint density at radius 1 is 0.929 bits per heavy atom. The Kier molecular flexibility index (Phi) is 5.67. The molecule has 28 heavy (non-hydrogen) atoms. The van der Waals surface area contributed by atoms with Gasteiger partial charge >= 0.3 is 0 Å². The van der Waals surface area contributed by atoms with Crippen molar-refractivity contribution in [3.8, 4) is 0 Å². The van der Waals surface area contributed by atoms with Crippen molar-refractivity contribution >= 4 is 55.3 Å². The number of halogens is 2. The maximum absolute atomic E-state index is 12.9. The third kappa shape index (κ3) is 3.56. The van der Waals surface area contributed by atoms with Crippen LogP contribution in [0.1, 0.15) is 43.0 Å². The Hall–Kier alpha value is -1.21. The highest BCUT2D eigenvalue weighted by Gasteiger charge is 2.52. The van der Waals surface area contributed by atoms with Gasteiger partial charge in [-0.1, -0.05) is 38.8 Å². The summed E-state index contributed by atoms with van der Waals surface area (Å²) in [4.78, 5) is 42.1. The minimum atomic E-state index is -0.262. The second-order valence-electron chi connectivity index (χ2n) is 8.25. The number of rotatable bonds is 2. The van der Waals surface area contributed by atoms with Gasteiger partial charge in [0.15, 0.2) is 0 Å². The molecule has 0 N–H and O–H groups in total. The molecule has 0 bridgehead atoms. The summed E-state index contributed by atoms with van der Waals surface area (Å²) in [5, 5.41) is 0. The highest BCUT2D eigenvalue weighted by molar-refractivity contribution is 9.12. The SMILES string of the molecule is CC1CCN(C(=O)c2ccc(N3C(=O)[C@@H]4C[C@@H](Br)[C@@H](Br)C[C@H]4C3=O)cc2)CC1. The van der Waals surface area contributed by atoms with Crippen LogP contribution in [0.5, 0.6) is 0 Å². The first-order chi connectivity index (χ1) is 13.4. The Balaban J connectivity index is 1.50. The highest BCUT2D eigenvalue weighted by atomic mass is 79.9. The van der Waals surface area contributed by atoms with Gasteiger partial charge in [0, 0.05) is 28.3 Å². The number of amides is 3. The van der Waals surface area contributed by atoms with Crippen LogP contribution in [0, 0.1) is 17.8 Å². The van der Waals surface area contributed by atoms with Crippen LogP contribution in [0.25, 0.3) is 0 Å². The zero-order valence-electron chi connectivity index (χ0n) is 15.8. The summed E-state index contributed by atoms with van der Waals surface area (Å²) in [7, 11) is 0. The first-order valence-electron chi connectivity index (χ1n) is 9.92. The molecule has 4 rings (SSSR count). The number of piperidine rings is 1. The van der Waals surface area contributed by atoms with Gasteiger partial charge in [0.05, 0.1) is 17.5 Å². The molecule has 150 valence electrons. The average Bonchev–Trinajstić information content (AvgIpc) is 2.92. The van der Waals surface area contributed by atoms with Crippen LogP contribution >= 0.6 is 31.9 Å². The molecule has 1 aliphatic carbocycles. The summed E-state index contributed by atoms with van der Waals surface area (Å²) in [6.45, 7) is 3.79. The van der Waals surface area contributed by atoms with Crippen molar-refractivity contribution in [1.29, 1.82) is 0 Å².